The largest absolute Gasteiger partial charge is 0.507 e. The van der Waals surface area contributed by atoms with E-state index < -0.39 is 0 Å². The van der Waals surface area contributed by atoms with Crippen LogP contribution in [-0.2, 0) is 11.3 Å². The fourth-order valence-corrected chi connectivity index (χ4v) is 1.30. The Bertz CT molecular complexity index is 256. The van der Waals surface area contributed by atoms with Crippen LogP contribution in [0.3, 0.4) is 0 Å². The molecule has 12 heavy (non-hydrogen) atoms. The number of phenols is 1. The molecule has 0 bridgehead atoms. The van der Waals surface area contributed by atoms with Crippen LogP contribution in [0.2, 0.25) is 0 Å². The Kier molecular flexibility index (Phi) is 2.71. The zero-order valence-corrected chi connectivity index (χ0v) is 7.72. The van der Waals surface area contributed by atoms with Crippen LogP contribution in [0.4, 0.5) is 0 Å². The molecule has 0 aliphatic carbocycles. The van der Waals surface area contributed by atoms with E-state index in [1.165, 1.54) is 0 Å². The molecular weight excluding hydrogens is 152 g/mol. The molecule has 66 valence electrons. The van der Waals surface area contributed by atoms with Gasteiger partial charge in [0.2, 0.25) is 0 Å². The summed E-state index contributed by atoms with van der Waals surface area (Å²) in [6.45, 7) is 4.38. The minimum Gasteiger partial charge on any atom is -0.507 e. The van der Waals surface area contributed by atoms with Gasteiger partial charge < -0.3 is 9.84 Å². The molecule has 1 N–H and O–H groups in total. The van der Waals surface area contributed by atoms with Gasteiger partial charge in [-0.15, -0.1) is 0 Å². The van der Waals surface area contributed by atoms with Crippen molar-refractivity contribution in [1.82, 2.24) is 0 Å². The zero-order valence-electron chi connectivity index (χ0n) is 7.72. The first-order valence-corrected chi connectivity index (χ1v) is 3.93. The van der Waals surface area contributed by atoms with Crippen molar-refractivity contribution in [3.05, 3.63) is 28.8 Å². The molecule has 0 atom stereocenters. The first kappa shape index (κ1) is 9.07. The molecule has 1 aromatic carbocycles. The molecule has 0 heterocycles. The smallest absolute Gasteiger partial charge is 0.121 e. The van der Waals surface area contributed by atoms with Crippen molar-refractivity contribution in [1.29, 1.82) is 0 Å². The van der Waals surface area contributed by atoms with Gasteiger partial charge in [0.25, 0.3) is 0 Å². The normalized spacial score (nSPS) is 10.2. The topological polar surface area (TPSA) is 29.5 Å². The Morgan fingerprint density at radius 2 is 1.75 bits per heavy atom. The van der Waals surface area contributed by atoms with E-state index in [0.717, 1.165) is 16.7 Å². The minimum atomic E-state index is 0.384. The van der Waals surface area contributed by atoms with Crippen LogP contribution in [0.5, 0.6) is 5.75 Å². The van der Waals surface area contributed by atoms with Crippen LogP contribution in [0, 0.1) is 13.8 Å². The molecule has 2 nitrogen and oxygen atoms in total. The second-order valence-corrected chi connectivity index (χ2v) is 3.01. The highest BCUT2D eigenvalue weighted by molar-refractivity contribution is 5.41. The van der Waals surface area contributed by atoms with Crippen LogP contribution in [0.15, 0.2) is 12.1 Å². The standard InChI is InChI=1S/C10H14O2/c1-7-4-9(6-12-3)5-8(2)10(7)11/h4-5,11H,6H2,1-3H3. The molecule has 2 heteroatoms. The summed E-state index contributed by atoms with van der Waals surface area (Å²) >= 11 is 0. The Balaban J connectivity index is 3.04. The Morgan fingerprint density at radius 1 is 1.25 bits per heavy atom. The molecule has 1 rings (SSSR count). The van der Waals surface area contributed by atoms with Gasteiger partial charge in [0, 0.05) is 7.11 Å². The quantitative estimate of drug-likeness (QED) is 0.729. The molecule has 0 amide bonds. The van der Waals surface area contributed by atoms with Gasteiger partial charge >= 0.3 is 0 Å². The summed E-state index contributed by atoms with van der Waals surface area (Å²) in [5, 5.41) is 9.46. The second kappa shape index (κ2) is 3.59. The van der Waals surface area contributed by atoms with Gasteiger partial charge in [-0.05, 0) is 30.5 Å². The van der Waals surface area contributed by atoms with Gasteiger partial charge in [0.15, 0.2) is 0 Å². The number of benzene rings is 1. The fourth-order valence-electron chi connectivity index (χ4n) is 1.30. The van der Waals surface area contributed by atoms with Crippen molar-refractivity contribution in [3.63, 3.8) is 0 Å². The van der Waals surface area contributed by atoms with E-state index in [1.807, 2.05) is 26.0 Å². The molecule has 0 aliphatic heterocycles. The molecule has 0 unspecified atom stereocenters. The van der Waals surface area contributed by atoms with Gasteiger partial charge in [-0.25, -0.2) is 0 Å². The van der Waals surface area contributed by atoms with Gasteiger partial charge in [-0.2, -0.15) is 0 Å². The van der Waals surface area contributed by atoms with Crippen molar-refractivity contribution in [3.8, 4) is 5.75 Å². The van der Waals surface area contributed by atoms with Crippen LogP contribution in [0.25, 0.3) is 0 Å². The van der Waals surface area contributed by atoms with Crippen molar-refractivity contribution < 1.29 is 9.84 Å². The lowest BCUT2D eigenvalue weighted by Gasteiger charge is -2.06. The van der Waals surface area contributed by atoms with Gasteiger partial charge in [-0.1, -0.05) is 12.1 Å². The summed E-state index contributed by atoms with van der Waals surface area (Å²) in [6, 6.07) is 3.87. The average Bonchev–Trinajstić information content (AvgIpc) is 2.01. The molecule has 0 aromatic heterocycles. The van der Waals surface area contributed by atoms with Crippen LogP contribution >= 0.6 is 0 Å². The second-order valence-electron chi connectivity index (χ2n) is 3.01. The summed E-state index contributed by atoms with van der Waals surface area (Å²) in [7, 11) is 1.66. The first-order valence-electron chi connectivity index (χ1n) is 3.93. The summed E-state index contributed by atoms with van der Waals surface area (Å²) in [4.78, 5) is 0. The van der Waals surface area contributed by atoms with Crippen molar-refractivity contribution in [2.45, 2.75) is 20.5 Å². The number of hydrogen-bond donors (Lipinski definition) is 1. The lowest BCUT2D eigenvalue weighted by molar-refractivity contribution is 0.184. The van der Waals surface area contributed by atoms with Gasteiger partial charge in [0.05, 0.1) is 6.61 Å². The number of methoxy groups -OCH3 is 1. The molecule has 0 radical (unpaired) electrons. The highest BCUT2D eigenvalue weighted by Gasteiger charge is 2.02. The number of aryl methyl sites for hydroxylation is 2. The van der Waals surface area contributed by atoms with E-state index in [-0.39, 0.29) is 0 Å². The molecule has 0 fully saturated rings. The van der Waals surface area contributed by atoms with E-state index in [9.17, 15) is 5.11 Å². The van der Waals surface area contributed by atoms with Crippen molar-refractivity contribution in [2.75, 3.05) is 7.11 Å². The Labute approximate surface area is 72.8 Å². The van der Waals surface area contributed by atoms with Gasteiger partial charge in [0.1, 0.15) is 5.75 Å². The molecule has 1 aromatic rings. The number of hydrogen-bond acceptors (Lipinski definition) is 2. The van der Waals surface area contributed by atoms with E-state index in [2.05, 4.69) is 0 Å². The Hall–Kier alpha value is -1.02. The summed E-state index contributed by atoms with van der Waals surface area (Å²) in [6.07, 6.45) is 0. The lowest BCUT2D eigenvalue weighted by Crippen LogP contribution is -1.90. The van der Waals surface area contributed by atoms with E-state index in [4.69, 9.17) is 4.74 Å². The maximum Gasteiger partial charge on any atom is 0.121 e. The van der Waals surface area contributed by atoms with Gasteiger partial charge in [-0.3, -0.25) is 0 Å². The van der Waals surface area contributed by atoms with Crippen LogP contribution in [0.1, 0.15) is 16.7 Å². The number of aromatic hydroxyl groups is 1. The van der Waals surface area contributed by atoms with E-state index >= 15 is 0 Å². The number of ether oxygens (including phenoxy) is 1. The number of phenolic OH excluding ortho intramolecular Hbond substituents is 1. The lowest BCUT2D eigenvalue weighted by atomic mass is 10.1. The highest BCUT2D eigenvalue weighted by Crippen LogP contribution is 2.22. The third-order valence-electron chi connectivity index (χ3n) is 1.86. The van der Waals surface area contributed by atoms with Crippen molar-refractivity contribution >= 4 is 0 Å². The highest BCUT2D eigenvalue weighted by atomic mass is 16.5. The average molecular weight is 166 g/mol. The molecule has 0 saturated carbocycles. The number of rotatable bonds is 2. The van der Waals surface area contributed by atoms with Crippen LogP contribution < -0.4 is 0 Å². The predicted octanol–water partition coefficient (Wildman–Crippen LogP) is 2.16. The first-order chi connectivity index (χ1) is 5.65. The van der Waals surface area contributed by atoms with Crippen molar-refractivity contribution in [2.24, 2.45) is 0 Å². The molecule has 0 spiro atoms. The molecule has 0 aliphatic rings. The Morgan fingerprint density at radius 3 is 2.17 bits per heavy atom. The third-order valence-corrected chi connectivity index (χ3v) is 1.86. The SMILES string of the molecule is COCc1cc(C)c(O)c(C)c1. The summed E-state index contributed by atoms with van der Waals surface area (Å²) < 4.78 is 5.00. The monoisotopic (exact) mass is 166 g/mol. The third kappa shape index (κ3) is 1.77. The minimum absolute atomic E-state index is 0.384. The van der Waals surface area contributed by atoms with E-state index in [0.29, 0.717) is 12.4 Å². The molecule has 0 saturated heterocycles. The van der Waals surface area contributed by atoms with E-state index in [1.54, 1.807) is 7.11 Å². The fraction of sp³-hybridized carbons (Fsp3) is 0.400. The summed E-state index contributed by atoms with van der Waals surface area (Å²) in [5.74, 6) is 0.384. The molecular formula is C10H14O2. The van der Waals surface area contributed by atoms with Crippen LogP contribution in [-0.4, -0.2) is 12.2 Å². The maximum absolute atomic E-state index is 9.46. The zero-order chi connectivity index (χ0) is 9.14. The maximum atomic E-state index is 9.46. The summed E-state index contributed by atoms with van der Waals surface area (Å²) in [5.41, 5.74) is 2.91. The predicted molar refractivity (Wildman–Crippen MR) is 48.3 cm³/mol.